The van der Waals surface area contributed by atoms with Crippen LogP contribution in [0.25, 0.3) is 0 Å². The van der Waals surface area contributed by atoms with Crippen molar-refractivity contribution in [2.24, 2.45) is 0 Å². The Kier molecular flexibility index (Phi) is 5.35. The summed E-state index contributed by atoms with van der Waals surface area (Å²) in [7, 11) is 0. The summed E-state index contributed by atoms with van der Waals surface area (Å²) >= 11 is 5.72. The molecule has 0 spiro atoms. The van der Waals surface area contributed by atoms with Gasteiger partial charge in [-0.3, -0.25) is 0 Å². The molecule has 0 saturated heterocycles. The highest BCUT2D eigenvalue weighted by Crippen LogP contribution is 2.10. The number of hydrogen-bond donors (Lipinski definition) is 0. The first-order valence-electron chi connectivity index (χ1n) is 6.27. The Hall–Kier alpha value is -2.33. The maximum atomic E-state index is 11.7. The lowest BCUT2D eigenvalue weighted by Crippen LogP contribution is -2.16. The van der Waals surface area contributed by atoms with E-state index in [1.807, 2.05) is 30.3 Å². The molecule has 5 heteroatoms. The van der Waals surface area contributed by atoms with Crippen molar-refractivity contribution >= 4 is 23.5 Å². The second kappa shape index (κ2) is 7.45. The molecule has 0 bridgehead atoms. The van der Waals surface area contributed by atoms with Gasteiger partial charge in [-0.1, -0.05) is 41.9 Å². The minimum absolute atomic E-state index is 0.151. The van der Waals surface area contributed by atoms with Gasteiger partial charge in [0.15, 0.2) is 6.61 Å². The SMILES string of the molecule is O=C(COC(=O)c1ccc(Cl)cc1)OCc1ccccc1. The van der Waals surface area contributed by atoms with Crippen LogP contribution in [0.15, 0.2) is 54.6 Å². The van der Waals surface area contributed by atoms with E-state index in [1.165, 1.54) is 12.1 Å². The van der Waals surface area contributed by atoms with Gasteiger partial charge >= 0.3 is 11.9 Å². The van der Waals surface area contributed by atoms with Crippen LogP contribution < -0.4 is 0 Å². The highest BCUT2D eigenvalue weighted by molar-refractivity contribution is 6.30. The van der Waals surface area contributed by atoms with E-state index in [-0.39, 0.29) is 6.61 Å². The Morgan fingerprint density at radius 3 is 2.24 bits per heavy atom. The van der Waals surface area contributed by atoms with Crippen molar-refractivity contribution in [2.75, 3.05) is 6.61 Å². The molecule has 108 valence electrons. The molecule has 0 radical (unpaired) electrons. The van der Waals surface area contributed by atoms with E-state index < -0.39 is 18.5 Å². The average Bonchev–Trinajstić information content (AvgIpc) is 2.52. The third-order valence-electron chi connectivity index (χ3n) is 2.64. The van der Waals surface area contributed by atoms with Crippen LogP contribution in [0.5, 0.6) is 0 Å². The highest BCUT2D eigenvalue weighted by Gasteiger charge is 2.11. The monoisotopic (exact) mass is 304 g/mol. The molecule has 0 fully saturated rings. The lowest BCUT2D eigenvalue weighted by Gasteiger charge is -2.06. The summed E-state index contributed by atoms with van der Waals surface area (Å²) in [6.07, 6.45) is 0. The predicted octanol–water partition coefficient (Wildman–Crippen LogP) is 3.24. The smallest absolute Gasteiger partial charge is 0.344 e. The number of carbonyl (C=O) groups excluding carboxylic acids is 2. The fourth-order valence-electron chi connectivity index (χ4n) is 1.57. The van der Waals surface area contributed by atoms with E-state index in [1.54, 1.807) is 12.1 Å². The molecule has 2 aromatic rings. The first kappa shape index (κ1) is 15.1. The molecule has 0 aromatic heterocycles. The van der Waals surface area contributed by atoms with E-state index in [0.29, 0.717) is 10.6 Å². The summed E-state index contributed by atoms with van der Waals surface area (Å²) in [5.41, 5.74) is 1.20. The second-order valence-electron chi connectivity index (χ2n) is 4.23. The van der Waals surface area contributed by atoms with Crippen LogP contribution in [-0.4, -0.2) is 18.5 Å². The van der Waals surface area contributed by atoms with Crippen molar-refractivity contribution in [1.82, 2.24) is 0 Å². The summed E-state index contributed by atoms with van der Waals surface area (Å²) in [6.45, 7) is -0.271. The van der Waals surface area contributed by atoms with Gasteiger partial charge in [-0.05, 0) is 29.8 Å². The predicted molar refractivity (Wildman–Crippen MR) is 78.0 cm³/mol. The normalized spacial score (nSPS) is 9.95. The van der Waals surface area contributed by atoms with Gasteiger partial charge in [-0.25, -0.2) is 9.59 Å². The molecule has 0 atom stereocenters. The molecule has 0 aliphatic carbocycles. The maximum absolute atomic E-state index is 11.7. The molecular formula is C16H13ClO4. The molecule has 0 saturated carbocycles. The fourth-order valence-corrected chi connectivity index (χ4v) is 1.70. The molecule has 4 nitrogen and oxygen atoms in total. The highest BCUT2D eigenvalue weighted by atomic mass is 35.5. The minimum atomic E-state index is -0.596. The van der Waals surface area contributed by atoms with Gasteiger partial charge in [0.05, 0.1) is 5.56 Å². The van der Waals surface area contributed by atoms with Gasteiger partial charge in [-0.15, -0.1) is 0 Å². The van der Waals surface area contributed by atoms with Crippen molar-refractivity contribution in [3.63, 3.8) is 0 Å². The molecule has 0 N–H and O–H groups in total. The molecule has 0 unspecified atom stereocenters. The zero-order chi connectivity index (χ0) is 15.1. The Labute approximate surface area is 127 Å². The maximum Gasteiger partial charge on any atom is 0.344 e. The van der Waals surface area contributed by atoms with Gasteiger partial charge < -0.3 is 9.47 Å². The van der Waals surface area contributed by atoms with Crippen molar-refractivity contribution in [3.05, 3.63) is 70.7 Å². The average molecular weight is 305 g/mol. The lowest BCUT2D eigenvalue weighted by molar-refractivity contribution is -0.148. The standard InChI is InChI=1S/C16H13ClO4/c17-14-8-6-13(7-9-14)16(19)21-11-15(18)20-10-12-4-2-1-3-5-12/h1-9H,10-11H2. The number of rotatable bonds is 5. The van der Waals surface area contributed by atoms with E-state index in [0.717, 1.165) is 5.56 Å². The first-order valence-corrected chi connectivity index (χ1v) is 6.65. The van der Waals surface area contributed by atoms with E-state index >= 15 is 0 Å². The molecule has 0 aliphatic rings. The molecule has 0 aliphatic heterocycles. The van der Waals surface area contributed by atoms with Gasteiger partial charge in [0.1, 0.15) is 6.61 Å². The molecule has 0 amide bonds. The first-order chi connectivity index (χ1) is 10.1. The number of carbonyl (C=O) groups is 2. The Balaban J connectivity index is 1.76. The Morgan fingerprint density at radius 1 is 0.905 bits per heavy atom. The summed E-state index contributed by atoms with van der Waals surface area (Å²) in [5, 5.41) is 0.522. The van der Waals surface area contributed by atoms with Gasteiger partial charge in [0.25, 0.3) is 0 Å². The van der Waals surface area contributed by atoms with Crippen LogP contribution in [-0.2, 0) is 20.9 Å². The van der Waals surface area contributed by atoms with Crippen molar-refractivity contribution in [2.45, 2.75) is 6.61 Å². The van der Waals surface area contributed by atoms with Crippen molar-refractivity contribution in [1.29, 1.82) is 0 Å². The van der Waals surface area contributed by atoms with E-state index in [9.17, 15) is 9.59 Å². The zero-order valence-corrected chi connectivity index (χ0v) is 11.9. The number of benzene rings is 2. The summed E-state index contributed by atoms with van der Waals surface area (Å²) in [5.74, 6) is -1.19. The molecular weight excluding hydrogens is 292 g/mol. The molecule has 21 heavy (non-hydrogen) atoms. The number of ether oxygens (including phenoxy) is 2. The second-order valence-corrected chi connectivity index (χ2v) is 4.67. The quantitative estimate of drug-likeness (QED) is 0.796. The van der Waals surface area contributed by atoms with Crippen LogP contribution in [0.4, 0.5) is 0 Å². The summed E-state index contributed by atoms with van der Waals surface area (Å²) < 4.78 is 9.86. The van der Waals surface area contributed by atoms with Crippen molar-refractivity contribution in [3.8, 4) is 0 Å². The van der Waals surface area contributed by atoms with E-state index in [4.69, 9.17) is 21.1 Å². The largest absolute Gasteiger partial charge is 0.458 e. The summed E-state index contributed by atoms with van der Waals surface area (Å²) in [4.78, 5) is 23.1. The number of esters is 2. The van der Waals surface area contributed by atoms with Crippen LogP contribution in [0, 0.1) is 0 Å². The number of hydrogen-bond acceptors (Lipinski definition) is 4. The van der Waals surface area contributed by atoms with E-state index in [2.05, 4.69) is 0 Å². The topological polar surface area (TPSA) is 52.6 Å². The number of halogens is 1. The zero-order valence-electron chi connectivity index (χ0n) is 11.1. The fraction of sp³-hybridized carbons (Fsp3) is 0.125. The molecule has 2 rings (SSSR count). The molecule has 0 heterocycles. The lowest BCUT2D eigenvalue weighted by atomic mass is 10.2. The van der Waals surface area contributed by atoms with Crippen LogP contribution in [0.2, 0.25) is 5.02 Å². The summed E-state index contributed by atoms with van der Waals surface area (Å²) in [6, 6.07) is 15.5. The van der Waals surface area contributed by atoms with Gasteiger partial charge in [0.2, 0.25) is 0 Å². The Morgan fingerprint density at radius 2 is 1.57 bits per heavy atom. The van der Waals surface area contributed by atoms with Crippen molar-refractivity contribution < 1.29 is 19.1 Å². The Bertz CT molecular complexity index is 608. The van der Waals surface area contributed by atoms with Gasteiger partial charge in [-0.2, -0.15) is 0 Å². The van der Waals surface area contributed by atoms with Crippen LogP contribution in [0.1, 0.15) is 15.9 Å². The molecule has 2 aromatic carbocycles. The minimum Gasteiger partial charge on any atom is -0.458 e. The third kappa shape index (κ3) is 4.93. The van der Waals surface area contributed by atoms with Crippen LogP contribution >= 0.6 is 11.6 Å². The third-order valence-corrected chi connectivity index (χ3v) is 2.90. The van der Waals surface area contributed by atoms with Crippen LogP contribution in [0.3, 0.4) is 0 Å². The van der Waals surface area contributed by atoms with Gasteiger partial charge in [0, 0.05) is 5.02 Å².